The molecule has 0 aliphatic heterocycles. The highest BCUT2D eigenvalue weighted by atomic mass is 16.8. The molecule has 0 aliphatic carbocycles. The third-order valence-electron chi connectivity index (χ3n) is 2.40. The number of aliphatic hydroxyl groups excluding tert-OH is 1. The van der Waals surface area contributed by atoms with Gasteiger partial charge in [-0.2, -0.15) is 0 Å². The molecule has 1 aromatic carbocycles. The summed E-state index contributed by atoms with van der Waals surface area (Å²) in [5, 5.41) is 9.02. The van der Waals surface area contributed by atoms with Gasteiger partial charge in [0.25, 0.3) is 0 Å². The van der Waals surface area contributed by atoms with Crippen LogP contribution in [0.5, 0.6) is 0 Å². The van der Waals surface area contributed by atoms with Crippen LogP contribution >= 0.6 is 0 Å². The molecule has 0 unspecified atom stereocenters. The van der Waals surface area contributed by atoms with Gasteiger partial charge in [-0.3, -0.25) is 0 Å². The van der Waals surface area contributed by atoms with Crippen LogP contribution in [0.15, 0.2) is 30.3 Å². The highest BCUT2D eigenvalue weighted by molar-refractivity contribution is 5.80. The Morgan fingerprint density at radius 2 is 1.81 bits per heavy atom. The van der Waals surface area contributed by atoms with Crippen LogP contribution in [0.2, 0.25) is 0 Å². The summed E-state index contributed by atoms with van der Waals surface area (Å²) in [6.45, 7) is 5.10. The first kappa shape index (κ1) is 17.0. The van der Waals surface area contributed by atoms with E-state index in [9.17, 15) is 9.59 Å². The fraction of sp³-hybridized carbons (Fsp3) is 0.467. The molecule has 0 heterocycles. The van der Waals surface area contributed by atoms with Crippen molar-refractivity contribution in [1.29, 1.82) is 0 Å². The van der Waals surface area contributed by atoms with Crippen LogP contribution in [0.3, 0.4) is 0 Å². The average molecular weight is 295 g/mol. The summed E-state index contributed by atoms with van der Waals surface area (Å²) in [6, 6.07) is 9.21. The van der Waals surface area contributed by atoms with E-state index in [1.54, 1.807) is 20.8 Å². The summed E-state index contributed by atoms with van der Waals surface area (Å²) >= 11 is 0. The molecular formula is C15H21NO5. The Morgan fingerprint density at radius 1 is 1.19 bits per heavy atom. The molecule has 0 spiro atoms. The predicted molar refractivity (Wildman–Crippen MR) is 76.7 cm³/mol. The monoisotopic (exact) mass is 295 g/mol. The van der Waals surface area contributed by atoms with Crippen molar-refractivity contribution in [3.63, 3.8) is 0 Å². The van der Waals surface area contributed by atoms with E-state index in [0.717, 1.165) is 5.56 Å². The third-order valence-corrected chi connectivity index (χ3v) is 2.40. The lowest BCUT2D eigenvalue weighted by Crippen LogP contribution is -2.36. The number of ether oxygens (including phenoxy) is 2. The van der Waals surface area contributed by atoms with Gasteiger partial charge >= 0.3 is 12.2 Å². The molecule has 0 atom stereocenters. The summed E-state index contributed by atoms with van der Waals surface area (Å²) in [4.78, 5) is 24.6. The van der Waals surface area contributed by atoms with E-state index < -0.39 is 17.8 Å². The van der Waals surface area contributed by atoms with Gasteiger partial charge in [0.1, 0.15) is 5.60 Å². The summed E-state index contributed by atoms with van der Waals surface area (Å²) in [6.07, 6.45) is -1.90. The molecule has 1 amide bonds. The standard InChI is InChI=1S/C15H21NO5/c1-15(2,3)21-14(19)20-13(18)16(9-10-17)11-12-7-5-4-6-8-12/h4-8,17H,9-11H2,1-3H3. The van der Waals surface area contributed by atoms with Crippen LogP contribution < -0.4 is 0 Å². The first-order valence-electron chi connectivity index (χ1n) is 6.66. The van der Waals surface area contributed by atoms with Gasteiger partial charge in [-0.05, 0) is 26.3 Å². The second-order valence-corrected chi connectivity index (χ2v) is 5.46. The van der Waals surface area contributed by atoms with E-state index in [2.05, 4.69) is 4.74 Å². The van der Waals surface area contributed by atoms with Crippen molar-refractivity contribution in [2.24, 2.45) is 0 Å². The fourth-order valence-electron chi connectivity index (χ4n) is 1.57. The Balaban J connectivity index is 2.63. The van der Waals surface area contributed by atoms with E-state index in [0.29, 0.717) is 0 Å². The molecule has 6 heteroatoms. The van der Waals surface area contributed by atoms with Crippen molar-refractivity contribution < 1.29 is 24.2 Å². The number of aliphatic hydroxyl groups is 1. The zero-order valence-electron chi connectivity index (χ0n) is 12.5. The van der Waals surface area contributed by atoms with Gasteiger partial charge in [-0.1, -0.05) is 30.3 Å². The second kappa shape index (κ2) is 7.64. The zero-order chi connectivity index (χ0) is 15.9. The van der Waals surface area contributed by atoms with Crippen molar-refractivity contribution >= 4 is 12.2 Å². The van der Waals surface area contributed by atoms with Crippen LogP contribution in [0.4, 0.5) is 9.59 Å². The molecule has 0 fully saturated rings. The zero-order valence-corrected chi connectivity index (χ0v) is 12.5. The summed E-state index contributed by atoms with van der Waals surface area (Å²) < 4.78 is 9.54. The minimum absolute atomic E-state index is 0.0660. The van der Waals surface area contributed by atoms with Crippen LogP contribution in [0.1, 0.15) is 26.3 Å². The maximum Gasteiger partial charge on any atom is 0.517 e. The first-order chi connectivity index (χ1) is 9.81. The Bertz CT molecular complexity index is 467. The van der Waals surface area contributed by atoms with Gasteiger partial charge in [0.2, 0.25) is 0 Å². The van der Waals surface area contributed by atoms with E-state index in [1.807, 2.05) is 30.3 Å². The smallest absolute Gasteiger partial charge is 0.428 e. The highest BCUT2D eigenvalue weighted by Crippen LogP contribution is 2.10. The number of carbonyl (C=O) groups excluding carboxylic acids is 2. The SMILES string of the molecule is CC(C)(C)OC(=O)OC(=O)N(CCO)Cc1ccccc1. The van der Waals surface area contributed by atoms with Crippen LogP contribution in [-0.2, 0) is 16.0 Å². The third kappa shape index (κ3) is 6.76. The molecule has 1 rings (SSSR count). The number of carbonyl (C=O) groups is 2. The van der Waals surface area contributed by atoms with Crippen molar-refractivity contribution in [1.82, 2.24) is 4.90 Å². The number of benzene rings is 1. The molecule has 0 aromatic heterocycles. The van der Waals surface area contributed by atoms with Gasteiger partial charge in [-0.25, -0.2) is 9.59 Å². The molecule has 6 nitrogen and oxygen atoms in total. The number of rotatable bonds is 4. The second-order valence-electron chi connectivity index (χ2n) is 5.46. The van der Waals surface area contributed by atoms with Gasteiger partial charge in [0, 0.05) is 13.1 Å². The van der Waals surface area contributed by atoms with Crippen molar-refractivity contribution in [2.75, 3.05) is 13.2 Å². The van der Waals surface area contributed by atoms with Gasteiger partial charge in [0.05, 0.1) is 6.61 Å². The normalized spacial score (nSPS) is 10.9. The number of hydrogen-bond acceptors (Lipinski definition) is 5. The molecule has 0 aliphatic rings. The molecule has 0 saturated carbocycles. The van der Waals surface area contributed by atoms with Crippen molar-refractivity contribution in [3.8, 4) is 0 Å². The fourth-order valence-corrected chi connectivity index (χ4v) is 1.57. The largest absolute Gasteiger partial charge is 0.517 e. The molecule has 1 N–H and O–H groups in total. The molecule has 1 aromatic rings. The lowest BCUT2D eigenvalue weighted by Gasteiger charge is -2.22. The lowest BCUT2D eigenvalue weighted by atomic mass is 10.2. The summed E-state index contributed by atoms with van der Waals surface area (Å²) in [7, 11) is 0. The molecule has 21 heavy (non-hydrogen) atoms. The van der Waals surface area contributed by atoms with E-state index >= 15 is 0 Å². The van der Waals surface area contributed by atoms with Crippen LogP contribution in [0.25, 0.3) is 0 Å². The minimum atomic E-state index is -1.05. The summed E-state index contributed by atoms with van der Waals surface area (Å²) in [5.41, 5.74) is 0.130. The first-order valence-corrected chi connectivity index (χ1v) is 6.66. The molecular weight excluding hydrogens is 274 g/mol. The molecule has 0 saturated heterocycles. The van der Waals surface area contributed by atoms with Crippen molar-refractivity contribution in [2.45, 2.75) is 32.9 Å². The molecule has 116 valence electrons. The number of hydrogen-bond donors (Lipinski definition) is 1. The minimum Gasteiger partial charge on any atom is -0.428 e. The van der Waals surface area contributed by atoms with Crippen LogP contribution in [-0.4, -0.2) is 41.0 Å². The van der Waals surface area contributed by atoms with Gasteiger partial charge in [0.15, 0.2) is 0 Å². The van der Waals surface area contributed by atoms with Crippen LogP contribution in [0, 0.1) is 0 Å². The topological polar surface area (TPSA) is 76.1 Å². The number of amides is 1. The van der Waals surface area contributed by atoms with Gasteiger partial charge < -0.3 is 19.5 Å². The highest BCUT2D eigenvalue weighted by Gasteiger charge is 2.23. The maximum atomic E-state index is 11.9. The van der Waals surface area contributed by atoms with E-state index in [1.165, 1.54) is 4.90 Å². The van der Waals surface area contributed by atoms with Crippen molar-refractivity contribution in [3.05, 3.63) is 35.9 Å². The van der Waals surface area contributed by atoms with E-state index in [4.69, 9.17) is 9.84 Å². The maximum absolute atomic E-state index is 11.9. The van der Waals surface area contributed by atoms with Gasteiger partial charge in [-0.15, -0.1) is 0 Å². The Labute approximate surface area is 124 Å². The predicted octanol–water partition coefficient (Wildman–Crippen LogP) is 2.55. The Hall–Kier alpha value is -2.08. The number of nitrogens with zero attached hydrogens (tertiary/aromatic N) is 1. The quantitative estimate of drug-likeness (QED) is 0.682. The molecule has 0 radical (unpaired) electrons. The Morgan fingerprint density at radius 3 is 2.33 bits per heavy atom. The molecule has 0 bridgehead atoms. The summed E-state index contributed by atoms with van der Waals surface area (Å²) in [5.74, 6) is 0. The average Bonchev–Trinajstić information content (AvgIpc) is 2.37. The Kier molecular flexibility index (Phi) is 6.17. The van der Waals surface area contributed by atoms with E-state index in [-0.39, 0.29) is 19.7 Å². The lowest BCUT2D eigenvalue weighted by molar-refractivity contribution is 0.00143.